The Bertz CT molecular complexity index is 578. The molecule has 0 aliphatic heterocycles. The van der Waals surface area contributed by atoms with Crippen LogP contribution in [0.2, 0.25) is 0 Å². The van der Waals surface area contributed by atoms with Crippen LogP contribution in [0.4, 0.5) is 0 Å². The Morgan fingerprint density at radius 3 is 2.85 bits per heavy atom. The van der Waals surface area contributed by atoms with Gasteiger partial charge in [-0.2, -0.15) is 0 Å². The van der Waals surface area contributed by atoms with E-state index in [0.717, 1.165) is 11.4 Å². The monoisotopic (exact) mass is 273 g/mol. The van der Waals surface area contributed by atoms with E-state index in [1.807, 2.05) is 29.9 Å². The highest BCUT2D eigenvalue weighted by Crippen LogP contribution is 2.16. The van der Waals surface area contributed by atoms with Crippen molar-refractivity contribution in [2.45, 2.75) is 19.3 Å². The minimum Gasteiger partial charge on any atom is -0.508 e. The number of rotatable bonds is 6. The summed E-state index contributed by atoms with van der Waals surface area (Å²) >= 11 is 0. The van der Waals surface area contributed by atoms with Gasteiger partial charge in [-0.1, -0.05) is 18.2 Å². The molecule has 2 rings (SSSR count). The van der Waals surface area contributed by atoms with Crippen molar-refractivity contribution in [3.05, 3.63) is 48.0 Å². The number of hydrogen-bond donors (Lipinski definition) is 2. The van der Waals surface area contributed by atoms with E-state index >= 15 is 0 Å². The molecule has 0 unspecified atom stereocenters. The fraction of sp³-hybridized carbons (Fsp3) is 0.333. The van der Waals surface area contributed by atoms with E-state index in [1.54, 1.807) is 18.3 Å². The normalized spacial score (nSPS) is 10.4. The average molecular weight is 273 g/mol. The van der Waals surface area contributed by atoms with Crippen molar-refractivity contribution in [2.75, 3.05) is 6.54 Å². The van der Waals surface area contributed by atoms with E-state index in [2.05, 4.69) is 10.3 Å². The average Bonchev–Trinajstić information content (AvgIpc) is 2.84. The van der Waals surface area contributed by atoms with Crippen LogP contribution in [-0.2, 0) is 24.7 Å². The highest BCUT2D eigenvalue weighted by molar-refractivity contribution is 5.76. The zero-order chi connectivity index (χ0) is 14.4. The van der Waals surface area contributed by atoms with Gasteiger partial charge in [0.05, 0.1) is 0 Å². The Hall–Kier alpha value is -2.30. The number of carbonyl (C=O) groups is 1. The summed E-state index contributed by atoms with van der Waals surface area (Å²) < 4.78 is 1.94. The summed E-state index contributed by atoms with van der Waals surface area (Å²) in [4.78, 5) is 15.9. The first kappa shape index (κ1) is 14.1. The van der Waals surface area contributed by atoms with Crippen LogP contribution in [0.15, 0.2) is 36.7 Å². The molecule has 0 aliphatic rings. The number of benzene rings is 1. The van der Waals surface area contributed by atoms with Gasteiger partial charge in [-0.15, -0.1) is 0 Å². The van der Waals surface area contributed by atoms with Crippen molar-refractivity contribution >= 4 is 5.91 Å². The minimum absolute atomic E-state index is 0.0116. The Labute approximate surface area is 118 Å². The predicted molar refractivity (Wildman–Crippen MR) is 76.3 cm³/mol. The molecule has 0 atom stereocenters. The standard InChI is InChI=1S/C15H19N3O2/c1-18-11-10-16-14(18)8-9-17-15(20)7-6-12-4-2-3-5-13(12)19/h2-5,10-11,19H,6-9H2,1H3,(H,17,20). The molecule has 0 aliphatic carbocycles. The molecule has 1 aromatic carbocycles. The number of aromatic nitrogens is 2. The molecule has 5 nitrogen and oxygen atoms in total. The Morgan fingerprint density at radius 1 is 1.35 bits per heavy atom. The Kier molecular flexibility index (Phi) is 4.76. The molecule has 1 aromatic heterocycles. The van der Waals surface area contributed by atoms with Gasteiger partial charge in [0.1, 0.15) is 11.6 Å². The molecule has 2 aromatic rings. The molecule has 0 saturated heterocycles. The van der Waals surface area contributed by atoms with E-state index in [1.165, 1.54) is 0 Å². The predicted octanol–water partition coefficient (Wildman–Crippen LogP) is 1.42. The van der Waals surface area contributed by atoms with E-state index < -0.39 is 0 Å². The van der Waals surface area contributed by atoms with Crippen molar-refractivity contribution in [3.63, 3.8) is 0 Å². The quantitative estimate of drug-likeness (QED) is 0.836. The van der Waals surface area contributed by atoms with Crippen LogP contribution in [-0.4, -0.2) is 27.1 Å². The molecule has 1 amide bonds. The first-order chi connectivity index (χ1) is 9.66. The number of carbonyl (C=O) groups excluding carboxylic acids is 1. The smallest absolute Gasteiger partial charge is 0.220 e. The number of nitrogens with zero attached hydrogens (tertiary/aromatic N) is 2. The maximum atomic E-state index is 11.7. The van der Waals surface area contributed by atoms with Gasteiger partial charge in [0.25, 0.3) is 0 Å². The maximum Gasteiger partial charge on any atom is 0.220 e. The van der Waals surface area contributed by atoms with Crippen molar-refractivity contribution in [2.24, 2.45) is 7.05 Å². The lowest BCUT2D eigenvalue weighted by atomic mass is 10.1. The Morgan fingerprint density at radius 2 is 2.15 bits per heavy atom. The van der Waals surface area contributed by atoms with Gasteiger partial charge in [-0.25, -0.2) is 4.98 Å². The van der Waals surface area contributed by atoms with Crippen molar-refractivity contribution in [1.82, 2.24) is 14.9 Å². The summed E-state index contributed by atoms with van der Waals surface area (Å²) in [6, 6.07) is 7.09. The first-order valence-corrected chi connectivity index (χ1v) is 6.66. The molecule has 0 fully saturated rings. The number of phenolic OH excluding ortho intramolecular Hbond substituents is 1. The van der Waals surface area contributed by atoms with Crippen molar-refractivity contribution in [1.29, 1.82) is 0 Å². The number of imidazole rings is 1. The molecular formula is C15H19N3O2. The van der Waals surface area contributed by atoms with Crippen LogP contribution in [0.5, 0.6) is 5.75 Å². The van der Waals surface area contributed by atoms with E-state index in [4.69, 9.17) is 0 Å². The van der Waals surface area contributed by atoms with E-state index in [9.17, 15) is 9.90 Å². The van der Waals surface area contributed by atoms with Crippen LogP contribution < -0.4 is 5.32 Å². The van der Waals surface area contributed by atoms with Crippen molar-refractivity contribution < 1.29 is 9.90 Å². The second-order valence-corrected chi connectivity index (χ2v) is 4.68. The van der Waals surface area contributed by atoms with Crippen molar-refractivity contribution in [3.8, 4) is 5.75 Å². The molecule has 0 radical (unpaired) electrons. The van der Waals surface area contributed by atoms with Gasteiger partial charge in [-0.3, -0.25) is 4.79 Å². The number of nitrogens with one attached hydrogen (secondary N) is 1. The molecule has 2 N–H and O–H groups in total. The summed E-state index contributed by atoms with van der Waals surface area (Å²) in [7, 11) is 1.93. The van der Waals surface area contributed by atoms with Crippen LogP contribution >= 0.6 is 0 Å². The second-order valence-electron chi connectivity index (χ2n) is 4.68. The molecule has 106 valence electrons. The van der Waals surface area contributed by atoms with Crippen LogP contribution in [0.3, 0.4) is 0 Å². The second kappa shape index (κ2) is 6.75. The van der Waals surface area contributed by atoms with Gasteiger partial charge in [0.2, 0.25) is 5.91 Å². The van der Waals surface area contributed by atoms with Gasteiger partial charge < -0.3 is 15.0 Å². The molecule has 0 spiro atoms. The first-order valence-electron chi connectivity index (χ1n) is 6.66. The SMILES string of the molecule is Cn1ccnc1CCNC(=O)CCc1ccccc1O. The largest absolute Gasteiger partial charge is 0.508 e. The topological polar surface area (TPSA) is 67.2 Å². The zero-order valence-electron chi connectivity index (χ0n) is 11.5. The molecule has 20 heavy (non-hydrogen) atoms. The third-order valence-corrected chi connectivity index (χ3v) is 3.20. The molecule has 1 heterocycles. The van der Waals surface area contributed by atoms with Crippen LogP contribution in [0.25, 0.3) is 0 Å². The summed E-state index contributed by atoms with van der Waals surface area (Å²) in [5, 5.41) is 12.5. The lowest BCUT2D eigenvalue weighted by molar-refractivity contribution is -0.121. The summed E-state index contributed by atoms with van der Waals surface area (Å²) in [5.41, 5.74) is 0.798. The highest BCUT2D eigenvalue weighted by atomic mass is 16.3. The van der Waals surface area contributed by atoms with Gasteiger partial charge in [0.15, 0.2) is 0 Å². The Balaban J connectivity index is 1.71. The third-order valence-electron chi connectivity index (χ3n) is 3.20. The van der Waals surface area contributed by atoms with Crippen LogP contribution in [0.1, 0.15) is 17.8 Å². The zero-order valence-corrected chi connectivity index (χ0v) is 11.5. The van der Waals surface area contributed by atoms with Gasteiger partial charge in [0, 0.05) is 38.8 Å². The molecular weight excluding hydrogens is 254 g/mol. The van der Waals surface area contributed by atoms with Crippen LogP contribution in [0, 0.1) is 0 Å². The number of para-hydroxylation sites is 1. The number of amides is 1. The summed E-state index contributed by atoms with van der Waals surface area (Å²) in [5.74, 6) is 1.18. The number of aromatic hydroxyl groups is 1. The maximum absolute atomic E-state index is 11.7. The number of aryl methyl sites for hydroxylation is 2. The van der Waals surface area contributed by atoms with E-state index in [0.29, 0.717) is 25.8 Å². The minimum atomic E-state index is -0.0116. The molecule has 5 heteroatoms. The molecule has 0 bridgehead atoms. The highest BCUT2D eigenvalue weighted by Gasteiger charge is 2.05. The third kappa shape index (κ3) is 3.85. The van der Waals surface area contributed by atoms with Gasteiger partial charge in [-0.05, 0) is 18.1 Å². The van der Waals surface area contributed by atoms with Gasteiger partial charge >= 0.3 is 0 Å². The lowest BCUT2D eigenvalue weighted by Gasteiger charge is -2.06. The number of hydrogen-bond acceptors (Lipinski definition) is 3. The molecule has 0 saturated carbocycles. The summed E-state index contributed by atoms with van der Waals surface area (Å²) in [6.07, 6.45) is 5.26. The van der Waals surface area contributed by atoms with E-state index in [-0.39, 0.29) is 11.7 Å². The fourth-order valence-electron chi connectivity index (χ4n) is 2.01. The number of phenols is 1. The fourth-order valence-corrected chi connectivity index (χ4v) is 2.01. The lowest BCUT2D eigenvalue weighted by Crippen LogP contribution is -2.26. The summed E-state index contributed by atoms with van der Waals surface area (Å²) in [6.45, 7) is 0.574.